The van der Waals surface area contributed by atoms with Crippen LogP contribution in [0.5, 0.6) is 5.75 Å². The molecule has 3 aromatic carbocycles. The van der Waals surface area contributed by atoms with Crippen LogP contribution in [0.3, 0.4) is 0 Å². The van der Waals surface area contributed by atoms with E-state index in [1.54, 1.807) is 33.8 Å². The summed E-state index contributed by atoms with van der Waals surface area (Å²) in [6.45, 7) is 2.22. The number of halogens is 1. The Balaban J connectivity index is 1.27. The maximum absolute atomic E-state index is 13.5. The van der Waals surface area contributed by atoms with Crippen LogP contribution in [0.2, 0.25) is 0 Å². The Labute approximate surface area is 251 Å². The van der Waals surface area contributed by atoms with Gasteiger partial charge >= 0.3 is 0 Å². The van der Waals surface area contributed by atoms with Gasteiger partial charge in [-0.3, -0.25) is 9.59 Å². The van der Waals surface area contributed by atoms with Crippen molar-refractivity contribution in [2.24, 2.45) is 12.1 Å². The van der Waals surface area contributed by atoms with E-state index in [9.17, 15) is 9.59 Å². The number of thioether (sulfide) groups is 1. The molecule has 1 aliphatic heterocycles. The van der Waals surface area contributed by atoms with Crippen molar-refractivity contribution < 1.29 is 14.3 Å². The summed E-state index contributed by atoms with van der Waals surface area (Å²) in [5.41, 5.74) is 4.49. The smallest absolute Gasteiger partial charge is 0.255 e. The Morgan fingerprint density at radius 3 is 2.51 bits per heavy atom. The van der Waals surface area contributed by atoms with E-state index in [1.807, 2.05) is 38.2 Å². The molecule has 0 aliphatic carbocycles. The number of nitrogens with zero attached hydrogens (tertiary/aromatic N) is 5. The molecule has 9 nitrogen and oxygen atoms in total. The molecule has 5 rings (SSSR count). The van der Waals surface area contributed by atoms with E-state index in [4.69, 9.17) is 9.84 Å². The first kappa shape index (κ1) is 28.6. The number of aromatic nitrogens is 3. The van der Waals surface area contributed by atoms with E-state index >= 15 is 0 Å². The van der Waals surface area contributed by atoms with Gasteiger partial charge in [0.05, 0.1) is 36.7 Å². The number of benzene rings is 3. The number of hydrogen-bond acceptors (Lipinski definition) is 7. The van der Waals surface area contributed by atoms with Crippen molar-refractivity contribution in [3.05, 3.63) is 105 Å². The topological polar surface area (TPSA) is 102 Å². The maximum Gasteiger partial charge on any atom is 0.255 e. The van der Waals surface area contributed by atoms with Gasteiger partial charge in [-0.25, -0.2) is 5.01 Å². The van der Waals surface area contributed by atoms with Gasteiger partial charge in [0, 0.05) is 17.9 Å². The minimum Gasteiger partial charge on any atom is -0.496 e. The lowest BCUT2D eigenvalue weighted by atomic mass is 9.98. The Kier molecular flexibility index (Phi) is 8.84. The predicted molar refractivity (Wildman–Crippen MR) is 162 cm³/mol. The molecule has 0 unspecified atom stereocenters. The van der Waals surface area contributed by atoms with Crippen molar-refractivity contribution in [3.8, 4) is 5.75 Å². The molecule has 11 heteroatoms. The number of para-hydroxylation sites is 1. The zero-order valence-corrected chi connectivity index (χ0v) is 25.3. The monoisotopic (exact) mass is 632 g/mol. The first-order valence-electron chi connectivity index (χ1n) is 13.0. The number of aryl methyl sites for hydroxylation is 1. The largest absolute Gasteiger partial charge is 0.496 e. The van der Waals surface area contributed by atoms with Crippen molar-refractivity contribution in [1.82, 2.24) is 25.1 Å². The molecule has 41 heavy (non-hydrogen) atoms. The zero-order chi connectivity index (χ0) is 28.9. The quantitative estimate of drug-likeness (QED) is 0.251. The third-order valence-electron chi connectivity index (χ3n) is 6.81. The summed E-state index contributed by atoms with van der Waals surface area (Å²) in [5, 5.41) is 18.3. The number of hydrogen-bond donors (Lipinski definition) is 1. The second-order valence-electron chi connectivity index (χ2n) is 9.55. The van der Waals surface area contributed by atoms with Gasteiger partial charge in [-0.15, -0.1) is 10.2 Å². The number of ether oxygens (including phenoxy) is 1. The average molecular weight is 634 g/mol. The minimum atomic E-state index is -0.273. The molecule has 0 spiro atoms. The summed E-state index contributed by atoms with van der Waals surface area (Å²) in [7, 11) is 3.34. The molecular formula is C30H29BrN6O3S. The predicted octanol–water partition coefficient (Wildman–Crippen LogP) is 5.29. The third kappa shape index (κ3) is 6.52. The number of nitrogens with one attached hydrogen (secondary N) is 1. The fourth-order valence-electron chi connectivity index (χ4n) is 4.51. The number of rotatable bonds is 9. The number of carbonyl (C=O) groups excluding carboxylic acids is 2. The van der Waals surface area contributed by atoms with E-state index in [0.29, 0.717) is 28.7 Å². The van der Waals surface area contributed by atoms with Crippen LogP contribution < -0.4 is 10.1 Å². The van der Waals surface area contributed by atoms with E-state index < -0.39 is 0 Å². The van der Waals surface area contributed by atoms with Crippen molar-refractivity contribution in [2.45, 2.75) is 31.1 Å². The van der Waals surface area contributed by atoms with Gasteiger partial charge in [0.15, 0.2) is 11.0 Å². The molecule has 1 aromatic heterocycles. The Morgan fingerprint density at radius 1 is 1.05 bits per heavy atom. The maximum atomic E-state index is 13.5. The van der Waals surface area contributed by atoms with Crippen molar-refractivity contribution >= 4 is 45.2 Å². The molecular weight excluding hydrogens is 604 g/mol. The van der Waals surface area contributed by atoms with Gasteiger partial charge in [-0.05, 0) is 42.3 Å². The van der Waals surface area contributed by atoms with Gasteiger partial charge in [0.2, 0.25) is 0 Å². The fourth-order valence-corrected chi connectivity index (χ4v) is 5.56. The fraction of sp³-hybridized carbons (Fsp3) is 0.233. The first-order valence-corrected chi connectivity index (χ1v) is 14.8. The van der Waals surface area contributed by atoms with Gasteiger partial charge in [-0.2, -0.15) is 5.10 Å². The van der Waals surface area contributed by atoms with Gasteiger partial charge in [-0.1, -0.05) is 81.8 Å². The molecule has 0 radical (unpaired) electrons. The van der Waals surface area contributed by atoms with Crippen LogP contribution in [-0.2, 0) is 18.4 Å². The number of carbonyl (C=O) groups is 2. The summed E-state index contributed by atoms with van der Waals surface area (Å²) in [6.07, 6.45) is 0.626. The Hall–Kier alpha value is -3.96. The summed E-state index contributed by atoms with van der Waals surface area (Å²) in [4.78, 5) is 26.2. The zero-order valence-electron chi connectivity index (χ0n) is 22.9. The lowest BCUT2D eigenvalue weighted by Crippen LogP contribution is -2.28. The number of methoxy groups -OCH3 is 1. The van der Waals surface area contributed by atoms with E-state index in [-0.39, 0.29) is 30.2 Å². The molecule has 2 amide bonds. The van der Waals surface area contributed by atoms with Crippen LogP contribution in [0.15, 0.2) is 87.5 Å². The van der Waals surface area contributed by atoms with Crippen molar-refractivity contribution in [3.63, 3.8) is 0 Å². The highest BCUT2D eigenvalue weighted by Crippen LogP contribution is 2.34. The van der Waals surface area contributed by atoms with Gasteiger partial charge in [0.1, 0.15) is 5.75 Å². The van der Waals surface area contributed by atoms with Crippen LogP contribution in [0.1, 0.15) is 45.3 Å². The normalized spacial score (nSPS) is 14.6. The van der Waals surface area contributed by atoms with Crippen LogP contribution in [-0.4, -0.2) is 50.2 Å². The van der Waals surface area contributed by atoms with E-state index in [0.717, 1.165) is 26.9 Å². The summed E-state index contributed by atoms with van der Waals surface area (Å²) in [5.74, 6) is 0.804. The number of amides is 2. The van der Waals surface area contributed by atoms with Crippen molar-refractivity contribution in [2.75, 3.05) is 12.9 Å². The molecule has 1 atom stereocenters. The summed E-state index contributed by atoms with van der Waals surface area (Å²) >= 11 is 4.77. The van der Waals surface area contributed by atoms with Crippen LogP contribution in [0, 0.1) is 6.92 Å². The van der Waals surface area contributed by atoms with Crippen molar-refractivity contribution in [1.29, 1.82) is 0 Å². The molecule has 4 aromatic rings. The van der Waals surface area contributed by atoms with Gasteiger partial charge in [0.25, 0.3) is 11.8 Å². The van der Waals surface area contributed by atoms with E-state index in [2.05, 4.69) is 55.7 Å². The lowest BCUT2D eigenvalue weighted by Gasteiger charge is -2.22. The second kappa shape index (κ2) is 12.7. The molecule has 1 aliphatic rings. The number of hydrazone groups is 1. The Bertz CT molecular complexity index is 1590. The SMILES string of the molecule is COc1ccccc1C(=O)NCc1nnc(SCC(=O)N2N=C(c3ccc(Br)cc3)C[C@H]2c2ccc(C)cc2)n1C. The van der Waals surface area contributed by atoms with Crippen LogP contribution >= 0.6 is 27.7 Å². The molecule has 2 heterocycles. The molecule has 0 fully saturated rings. The molecule has 1 N–H and O–H groups in total. The molecule has 0 saturated heterocycles. The molecule has 0 bridgehead atoms. The van der Waals surface area contributed by atoms with Crippen LogP contribution in [0.25, 0.3) is 0 Å². The van der Waals surface area contributed by atoms with E-state index in [1.165, 1.54) is 18.9 Å². The highest BCUT2D eigenvalue weighted by molar-refractivity contribution is 9.10. The molecule has 210 valence electrons. The lowest BCUT2D eigenvalue weighted by molar-refractivity contribution is -0.130. The molecule has 0 saturated carbocycles. The summed E-state index contributed by atoms with van der Waals surface area (Å²) in [6, 6.07) is 23.0. The summed E-state index contributed by atoms with van der Waals surface area (Å²) < 4.78 is 8.04. The highest BCUT2D eigenvalue weighted by atomic mass is 79.9. The van der Waals surface area contributed by atoms with Gasteiger partial charge < -0.3 is 14.6 Å². The standard InChI is InChI=1S/C30H29BrN6O3S/c1-19-8-10-21(11-9-19)25-16-24(20-12-14-22(31)15-13-20)35-37(25)28(38)18-41-30-34-33-27(36(30)2)17-32-29(39)23-6-4-5-7-26(23)40-3/h4-15,25H,16-18H2,1-3H3,(H,32,39)/t25-/m0/s1. The highest BCUT2D eigenvalue weighted by Gasteiger charge is 2.33. The first-order chi connectivity index (χ1) is 19.8. The Morgan fingerprint density at radius 2 is 1.78 bits per heavy atom. The third-order valence-corrected chi connectivity index (χ3v) is 8.35. The second-order valence-corrected chi connectivity index (χ2v) is 11.4. The average Bonchev–Trinajstić information content (AvgIpc) is 3.59. The minimum absolute atomic E-state index is 0.123. The van der Waals surface area contributed by atoms with Crippen LogP contribution in [0.4, 0.5) is 0 Å².